The molecule has 0 radical (unpaired) electrons. The first kappa shape index (κ1) is 25.5. The molecule has 11 nitrogen and oxygen atoms in total. The predicted molar refractivity (Wildman–Crippen MR) is 127 cm³/mol. The Morgan fingerprint density at radius 3 is 2.51 bits per heavy atom. The smallest absolute Gasteiger partial charge is 0.268 e. The van der Waals surface area contributed by atoms with Gasteiger partial charge in [-0.1, -0.05) is 13.8 Å². The van der Waals surface area contributed by atoms with Gasteiger partial charge in [0, 0.05) is 51.3 Å². The van der Waals surface area contributed by atoms with Crippen LogP contribution in [0.3, 0.4) is 0 Å². The summed E-state index contributed by atoms with van der Waals surface area (Å²) in [6.45, 7) is 6.43. The highest BCUT2D eigenvalue weighted by molar-refractivity contribution is 7.89. The number of aromatic nitrogens is 1. The van der Waals surface area contributed by atoms with Crippen LogP contribution < -0.4 is 10.9 Å². The van der Waals surface area contributed by atoms with E-state index in [0.29, 0.717) is 39.0 Å². The lowest BCUT2D eigenvalue weighted by Crippen LogP contribution is -2.49. The molecule has 3 aliphatic rings. The number of carbonyl (C=O) groups is 3. The van der Waals surface area contributed by atoms with Gasteiger partial charge >= 0.3 is 0 Å². The number of ketones is 1. The fourth-order valence-electron chi connectivity index (χ4n) is 5.41. The zero-order valence-corrected chi connectivity index (χ0v) is 20.9. The number of sulfonamides is 1. The second-order valence-corrected chi connectivity index (χ2v) is 11.7. The lowest BCUT2D eigenvalue weighted by Gasteiger charge is -2.31. The quantitative estimate of drug-likeness (QED) is 0.502. The van der Waals surface area contributed by atoms with Gasteiger partial charge in [0.05, 0.1) is 12.6 Å². The van der Waals surface area contributed by atoms with Crippen LogP contribution in [-0.2, 0) is 24.4 Å². The largest absolute Gasteiger partial charge is 0.340 e. The van der Waals surface area contributed by atoms with Crippen molar-refractivity contribution in [2.24, 2.45) is 11.8 Å². The number of piperazine rings is 1. The van der Waals surface area contributed by atoms with E-state index in [0.717, 1.165) is 4.31 Å². The van der Waals surface area contributed by atoms with E-state index in [1.165, 1.54) is 23.2 Å². The summed E-state index contributed by atoms with van der Waals surface area (Å²) in [6.07, 6.45) is 2.21. The van der Waals surface area contributed by atoms with Gasteiger partial charge in [-0.25, -0.2) is 8.42 Å². The highest BCUT2D eigenvalue weighted by Gasteiger charge is 2.54. The number of pyridine rings is 1. The zero-order chi connectivity index (χ0) is 25.3. The van der Waals surface area contributed by atoms with Crippen LogP contribution in [0.2, 0.25) is 0 Å². The highest BCUT2D eigenvalue weighted by Crippen LogP contribution is 2.35. The number of nitrogens with one attached hydrogen (secondary N) is 2. The first-order valence-corrected chi connectivity index (χ1v) is 13.6. The number of amides is 2. The molecule has 192 valence electrons. The van der Waals surface area contributed by atoms with Crippen molar-refractivity contribution in [2.75, 3.05) is 39.3 Å². The third kappa shape index (κ3) is 5.05. The Bertz CT molecular complexity index is 1140. The minimum Gasteiger partial charge on any atom is -0.340 e. The normalized spacial score (nSPS) is 24.1. The van der Waals surface area contributed by atoms with Crippen LogP contribution in [0.1, 0.15) is 33.1 Å². The van der Waals surface area contributed by atoms with E-state index in [2.05, 4.69) is 10.3 Å². The molecule has 3 fully saturated rings. The van der Waals surface area contributed by atoms with Crippen molar-refractivity contribution in [1.82, 2.24) is 24.4 Å². The number of likely N-dealkylation sites (tertiary alicyclic amines) is 1. The van der Waals surface area contributed by atoms with Crippen molar-refractivity contribution in [3.8, 4) is 0 Å². The van der Waals surface area contributed by atoms with Crippen molar-refractivity contribution in [3.05, 3.63) is 28.7 Å². The number of nitrogens with zero attached hydrogens (tertiary/aromatic N) is 3. The molecule has 0 spiro atoms. The van der Waals surface area contributed by atoms with E-state index in [4.69, 9.17) is 0 Å². The Balaban J connectivity index is 1.53. The Hall–Kier alpha value is -2.57. The summed E-state index contributed by atoms with van der Waals surface area (Å²) in [6, 6.07) is 1.01. The predicted octanol–water partition coefficient (Wildman–Crippen LogP) is -0.598. The van der Waals surface area contributed by atoms with Crippen LogP contribution in [0.25, 0.3) is 0 Å². The molecule has 1 aromatic heterocycles. The first-order valence-electron chi connectivity index (χ1n) is 12.1. The number of rotatable bonds is 7. The van der Waals surface area contributed by atoms with Gasteiger partial charge in [-0.15, -0.1) is 0 Å². The van der Waals surface area contributed by atoms with E-state index in [1.807, 2.05) is 13.8 Å². The molecule has 35 heavy (non-hydrogen) atoms. The van der Waals surface area contributed by atoms with Crippen molar-refractivity contribution >= 4 is 27.6 Å². The second-order valence-electron chi connectivity index (χ2n) is 9.87. The number of carbonyl (C=O) groups excluding carboxylic acids is 3. The Labute approximate surface area is 204 Å². The number of H-pyrrole nitrogens is 1. The number of aromatic amines is 1. The van der Waals surface area contributed by atoms with Gasteiger partial charge < -0.3 is 20.1 Å². The fraction of sp³-hybridized carbons (Fsp3) is 0.652. The number of fused-ring (bicyclic) bond motifs is 1. The Morgan fingerprint density at radius 1 is 1.14 bits per heavy atom. The molecule has 0 aliphatic carbocycles. The van der Waals surface area contributed by atoms with Gasteiger partial charge in [0.1, 0.15) is 10.9 Å². The maximum Gasteiger partial charge on any atom is 0.268 e. The van der Waals surface area contributed by atoms with Crippen LogP contribution in [-0.4, -0.2) is 96.5 Å². The van der Waals surface area contributed by atoms with Crippen molar-refractivity contribution in [1.29, 1.82) is 0 Å². The summed E-state index contributed by atoms with van der Waals surface area (Å²) in [5, 5.41) is 3.20. The number of hydrogen-bond donors (Lipinski definition) is 2. The maximum absolute atomic E-state index is 13.6. The van der Waals surface area contributed by atoms with Crippen LogP contribution in [0.4, 0.5) is 0 Å². The van der Waals surface area contributed by atoms with Crippen molar-refractivity contribution in [3.63, 3.8) is 0 Å². The minimum absolute atomic E-state index is 0.0699. The molecule has 0 bridgehead atoms. The SMILES string of the molecule is CC(C)CC(CC(=O)N1CCNCC1)C(=O)N1CCC2C1C(=O)CN2S(=O)(=O)c1ccc[nH]c1=O. The molecule has 0 aromatic carbocycles. The molecular formula is C23H33N5O6S. The van der Waals surface area contributed by atoms with E-state index < -0.39 is 38.5 Å². The maximum atomic E-state index is 13.6. The average molecular weight is 508 g/mol. The third-order valence-corrected chi connectivity index (χ3v) is 8.92. The fourth-order valence-corrected chi connectivity index (χ4v) is 7.08. The summed E-state index contributed by atoms with van der Waals surface area (Å²) < 4.78 is 27.5. The third-order valence-electron chi connectivity index (χ3n) is 7.03. The van der Waals surface area contributed by atoms with E-state index in [9.17, 15) is 27.6 Å². The summed E-state index contributed by atoms with van der Waals surface area (Å²) in [4.78, 5) is 56.8. The summed E-state index contributed by atoms with van der Waals surface area (Å²) in [7, 11) is -4.21. The van der Waals surface area contributed by atoms with Crippen LogP contribution in [0.5, 0.6) is 0 Å². The first-order chi connectivity index (χ1) is 16.6. The van der Waals surface area contributed by atoms with Gasteiger partial charge in [-0.2, -0.15) is 4.31 Å². The van der Waals surface area contributed by atoms with Crippen molar-refractivity contribution < 1.29 is 22.8 Å². The lowest BCUT2D eigenvalue weighted by atomic mass is 9.91. The minimum atomic E-state index is -4.21. The highest BCUT2D eigenvalue weighted by atomic mass is 32.2. The van der Waals surface area contributed by atoms with Gasteiger partial charge in [0.2, 0.25) is 21.8 Å². The molecule has 3 unspecified atom stereocenters. The van der Waals surface area contributed by atoms with Gasteiger partial charge in [0.25, 0.3) is 5.56 Å². The molecule has 3 saturated heterocycles. The van der Waals surface area contributed by atoms with Crippen LogP contribution in [0, 0.1) is 11.8 Å². The van der Waals surface area contributed by atoms with Crippen molar-refractivity contribution in [2.45, 2.75) is 50.1 Å². The molecule has 4 rings (SSSR count). The molecule has 1 aromatic rings. The summed E-state index contributed by atoms with van der Waals surface area (Å²) >= 11 is 0. The molecule has 12 heteroatoms. The Kier molecular flexibility index (Phi) is 7.43. The van der Waals surface area contributed by atoms with Gasteiger partial charge in [-0.3, -0.25) is 19.2 Å². The molecule has 3 atom stereocenters. The van der Waals surface area contributed by atoms with E-state index >= 15 is 0 Å². The Morgan fingerprint density at radius 2 is 1.86 bits per heavy atom. The molecule has 2 amide bonds. The molecular weight excluding hydrogens is 474 g/mol. The average Bonchev–Trinajstić information content (AvgIpc) is 3.40. The van der Waals surface area contributed by atoms with E-state index in [-0.39, 0.29) is 43.0 Å². The monoisotopic (exact) mass is 507 g/mol. The number of hydrogen-bond acceptors (Lipinski definition) is 7. The molecule has 2 N–H and O–H groups in total. The van der Waals surface area contributed by atoms with Crippen LogP contribution in [0.15, 0.2) is 28.0 Å². The topological polar surface area (TPSA) is 140 Å². The molecule has 4 heterocycles. The molecule has 0 saturated carbocycles. The van der Waals surface area contributed by atoms with Gasteiger partial charge in [0.15, 0.2) is 5.78 Å². The lowest BCUT2D eigenvalue weighted by molar-refractivity contribution is -0.144. The second kappa shape index (κ2) is 10.2. The van der Waals surface area contributed by atoms with Gasteiger partial charge in [-0.05, 0) is 30.9 Å². The number of Topliss-reactive ketones (excluding diaryl/α,β-unsaturated/α-hetero) is 1. The molecule has 3 aliphatic heterocycles. The summed E-state index contributed by atoms with van der Waals surface area (Å²) in [5.74, 6) is -1.13. The van der Waals surface area contributed by atoms with Crippen LogP contribution >= 0.6 is 0 Å². The van der Waals surface area contributed by atoms with E-state index in [1.54, 1.807) is 4.90 Å². The summed E-state index contributed by atoms with van der Waals surface area (Å²) in [5.41, 5.74) is -0.752. The zero-order valence-electron chi connectivity index (χ0n) is 20.1. The standard InChI is InChI=1S/C23H33N5O6S/c1-15(2)12-16(13-20(30)26-10-7-24-8-11-26)23(32)27-9-5-17-21(27)18(29)14-28(17)35(33,34)19-4-3-6-25-22(19)31/h3-4,6,15-17,21,24H,5,7-14H2,1-2H3,(H,25,31).